The summed E-state index contributed by atoms with van der Waals surface area (Å²) in [6, 6.07) is 5.75. The molecule has 0 atom stereocenters. The Morgan fingerprint density at radius 2 is 2.00 bits per heavy atom. The van der Waals surface area contributed by atoms with Gasteiger partial charge in [0.2, 0.25) is 0 Å². The molecule has 0 amide bonds. The number of methoxy groups -OCH3 is 2. The molecule has 4 nitrogen and oxygen atoms in total. The van der Waals surface area contributed by atoms with Gasteiger partial charge >= 0.3 is 5.97 Å². The van der Waals surface area contributed by atoms with Crippen LogP contribution in [0.25, 0.3) is 10.9 Å². The number of hydrogen-bond acceptors (Lipinski definition) is 4. The third-order valence-corrected chi connectivity index (χ3v) is 3.13. The topological polar surface area (TPSA) is 48.4 Å². The lowest BCUT2D eigenvalue weighted by Crippen LogP contribution is -2.07. The van der Waals surface area contributed by atoms with Crippen LogP contribution in [0.2, 0.25) is 0 Å². The summed E-state index contributed by atoms with van der Waals surface area (Å²) in [6.45, 7) is 3.97. The summed E-state index contributed by atoms with van der Waals surface area (Å²) in [7, 11) is 2.98. The van der Waals surface area contributed by atoms with Crippen LogP contribution in [0.1, 0.15) is 16.8 Å². The van der Waals surface area contributed by atoms with E-state index in [0.717, 1.165) is 27.7 Å². The third kappa shape index (κ3) is 2.52. The Labute approximate surface area is 112 Å². The van der Waals surface area contributed by atoms with Crippen molar-refractivity contribution in [2.24, 2.45) is 0 Å². The van der Waals surface area contributed by atoms with E-state index in [9.17, 15) is 4.79 Å². The summed E-state index contributed by atoms with van der Waals surface area (Å²) < 4.78 is 10.1. The second kappa shape index (κ2) is 5.26. The SMILES string of the molecule is COC(=O)Cc1c(OC)ccc2nc(C)cc(C)c12. The van der Waals surface area contributed by atoms with Crippen molar-refractivity contribution in [1.29, 1.82) is 0 Å². The molecule has 0 saturated carbocycles. The number of hydrogen-bond donors (Lipinski definition) is 0. The van der Waals surface area contributed by atoms with Gasteiger partial charge in [0, 0.05) is 16.6 Å². The summed E-state index contributed by atoms with van der Waals surface area (Å²) in [5.41, 5.74) is 3.74. The van der Waals surface area contributed by atoms with Gasteiger partial charge in [-0.1, -0.05) is 0 Å². The molecule has 2 aromatic rings. The number of rotatable bonds is 3. The monoisotopic (exact) mass is 259 g/mol. The number of pyridine rings is 1. The summed E-state index contributed by atoms with van der Waals surface area (Å²) in [5.74, 6) is 0.400. The Morgan fingerprint density at radius 1 is 1.26 bits per heavy atom. The third-order valence-electron chi connectivity index (χ3n) is 3.13. The average molecular weight is 259 g/mol. The fourth-order valence-electron chi connectivity index (χ4n) is 2.34. The van der Waals surface area contributed by atoms with Crippen LogP contribution in [-0.2, 0) is 16.0 Å². The number of carbonyl (C=O) groups is 1. The lowest BCUT2D eigenvalue weighted by atomic mass is 9.99. The van der Waals surface area contributed by atoms with Crippen molar-refractivity contribution in [2.75, 3.05) is 14.2 Å². The predicted molar refractivity (Wildman–Crippen MR) is 73.5 cm³/mol. The molecule has 0 aliphatic carbocycles. The summed E-state index contributed by atoms with van der Waals surface area (Å²) in [4.78, 5) is 16.1. The second-order valence-electron chi connectivity index (χ2n) is 4.47. The lowest BCUT2D eigenvalue weighted by Gasteiger charge is -2.13. The zero-order chi connectivity index (χ0) is 14.0. The van der Waals surface area contributed by atoms with Gasteiger partial charge in [-0.25, -0.2) is 0 Å². The van der Waals surface area contributed by atoms with Gasteiger partial charge in [0.15, 0.2) is 0 Å². The predicted octanol–water partition coefficient (Wildman–Crippen LogP) is 2.58. The molecule has 1 heterocycles. The molecule has 100 valence electrons. The maximum Gasteiger partial charge on any atom is 0.310 e. The molecule has 0 N–H and O–H groups in total. The van der Waals surface area contributed by atoms with Crippen molar-refractivity contribution in [2.45, 2.75) is 20.3 Å². The Morgan fingerprint density at radius 3 is 2.63 bits per heavy atom. The van der Waals surface area contributed by atoms with Crippen LogP contribution in [-0.4, -0.2) is 25.2 Å². The molecular weight excluding hydrogens is 242 g/mol. The maximum atomic E-state index is 11.6. The molecule has 0 aliphatic heterocycles. The van der Waals surface area contributed by atoms with Gasteiger partial charge in [0.05, 0.1) is 26.2 Å². The number of aryl methyl sites for hydroxylation is 2. The number of carbonyl (C=O) groups excluding carboxylic acids is 1. The Balaban J connectivity index is 2.72. The first-order chi connectivity index (χ1) is 9.06. The van der Waals surface area contributed by atoms with E-state index in [1.54, 1.807) is 7.11 Å². The standard InChI is InChI=1S/C15H17NO3/c1-9-7-10(2)16-12-5-6-13(18-3)11(15(9)12)8-14(17)19-4/h5-7H,8H2,1-4H3. The lowest BCUT2D eigenvalue weighted by molar-refractivity contribution is -0.139. The van der Waals surface area contributed by atoms with Gasteiger partial charge in [0.25, 0.3) is 0 Å². The van der Waals surface area contributed by atoms with Gasteiger partial charge in [-0.15, -0.1) is 0 Å². The number of benzene rings is 1. The Hall–Kier alpha value is -2.10. The van der Waals surface area contributed by atoms with E-state index in [4.69, 9.17) is 9.47 Å². The van der Waals surface area contributed by atoms with E-state index >= 15 is 0 Å². The van der Waals surface area contributed by atoms with E-state index in [1.165, 1.54) is 7.11 Å². The van der Waals surface area contributed by atoms with Crippen LogP contribution >= 0.6 is 0 Å². The molecule has 0 spiro atoms. The first-order valence-electron chi connectivity index (χ1n) is 6.07. The first-order valence-corrected chi connectivity index (χ1v) is 6.07. The van der Waals surface area contributed by atoms with E-state index in [-0.39, 0.29) is 12.4 Å². The minimum Gasteiger partial charge on any atom is -0.496 e. The van der Waals surface area contributed by atoms with E-state index < -0.39 is 0 Å². The molecule has 1 aromatic heterocycles. The highest BCUT2D eigenvalue weighted by atomic mass is 16.5. The molecule has 0 bridgehead atoms. The quantitative estimate of drug-likeness (QED) is 0.795. The van der Waals surface area contributed by atoms with Gasteiger partial charge in [-0.3, -0.25) is 9.78 Å². The number of aromatic nitrogens is 1. The fraction of sp³-hybridized carbons (Fsp3) is 0.333. The van der Waals surface area contributed by atoms with E-state index in [1.807, 2.05) is 32.0 Å². The van der Waals surface area contributed by atoms with Gasteiger partial charge < -0.3 is 9.47 Å². The highest BCUT2D eigenvalue weighted by molar-refractivity contribution is 5.91. The molecule has 0 aliphatic rings. The van der Waals surface area contributed by atoms with Gasteiger partial charge in [0.1, 0.15) is 5.75 Å². The van der Waals surface area contributed by atoms with Crippen LogP contribution in [0, 0.1) is 13.8 Å². The Kier molecular flexibility index (Phi) is 3.69. The summed E-state index contributed by atoms with van der Waals surface area (Å²) in [6.07, 6.45) is 0.183. The second-order valence-corrected chi connectivity index (χ2v) is 4.47. The zero-order valence-corrected chi connectivity index (χ0v) is 11.6. The molecule has 2 rings (SSSR count). The Bertz CT molecular complexity index is 635. The minimum atomic E-state index is -0.286. The largest absolute Gasteiger partial charge is 0.496 e. The summed E-state index contributed by atoms with van der Waals surface area (Å²) in [5, 5.41) is 0.968. The van der Waals surface area contributed by atoms with Crippen molar-refractivity contribution in [3.63, 3.8) is 0 Å². The first kappa shape index (κ1) is 13.3. The van der Waals surface area contributed by atoms with Crippen molar-refractivity contribution >= 4 is 16.9 Å². The maximum absolute atomic E-state index is 11.6. The van der Waals surface area contributed by atoms with Gasteiger partial charge in [-0.05, 0) is 37.6 Å². The van der Waals surface area contributed by atoms with E-state index in [2.05, 4.69) is 4.98 Å². The van der Waals surface area contributed by atoms with E-state index in [0.29, 0.717) is 5.75 Å². The molecule has 4 heteroatoms. The number of nitrogens with zero attached hydrogens (tertiary/aromatic N) is 1. The highest BCUT2D eigenvalue weighted by Crippen LogP contribution is 2.30. The number of fused-ring (bicyclic) bond motifs is 1. The van der Waals surface area contributed by atoms with Crippen LogP contribution in [0.4, 0.5) is 0 Å². The van der Waals surface area contributed by atoms with Crippen molar-refractivity contribution in [1.82, 2.24) is 4.98 Å². The van der Waals surface area contributed by atoms with Crippen molar-refractivity contribution in [3.8, 4) is 5.75 Å². The average Bonchev–Trinajstić information content (AvgIpc) is 2.38. The van der Waals surface area contributed by atoms with Gasteiger partial charge in [-0.2, -0.15) is 0 Å². The molecular formula is C15H17NO3. The molecule has 0 radical (unpaired) electrons. The molecule has 1 aromatic carbocycles. The zero-order valence-electron chi connectivity index (χ0n) is 11.6. The minimum absolute atomic E-state index is 0.183. The molecule has 0 fully saturated rings. The summed E-state index contributed by atoms with van der Waals surface area (Å²) >= 11 is 0. The fourth-order valence-corrected chi connectivity index (χ4v) is 2.34. The molecule has 0 saturated heterocycles. The number of esters is 1. The molecule has 19 heavy (non-hydrogen) atoms. The van der Waals surface area contributed by atoms with Crippen LogP contribution in [0.5, 0.6) is 5.75 Å². The normalized spacial score (nSPS) is 10.5. The highest BCUT2D eigenvalue weighted by Gasteiger charge is 2.15. The van der Waals surface area contributed by atoms with Crippen molar-refractivity contribution in [3.05, 3.63) is 35.0 Å². The van der Waals surface area contributed by atoms with Crippen molar-refractivity contribution < 1.29 is 14.3 Å². The smallest absolute Gasteiger partial charge is 0.310 e. The van der Waals surface area contributed by atoms with Crippen LogP contribution in [0.15, 0.2) is 18.2 Å². The van der Waals surface area contributed by atoms with Crippen LogP contribution in [0.3, 0.4) is 0 Å². The molecule has 0 unspecified atom stereocenters. The number of ether oxygens (including phenoxy) is 2. The van der Waals surface area contributed by atoms with Crippen LogP contribution < -0.4 is 4.74 Å².